The molecule has 0 saturated carbocycles. The van der Waals surface area contributed by atoms with Gasteiger partial charge in [-0.25, -0.2) is 0 Å². The second-order valence-corrected chi connectivity index (χ2v) is 3.48. The standard InChI is InChI=1S/C11H16O/c1-9-5-3-4-6-11(9)8-7-10(2)12/h6-9H,3-5H2,1-2H3/b8-7+. The number of rotatable bonds is 2. The Hall–Kier alpha value is -0.850. The van der Waals surface area contributed by atoms with Crippen LogP contribution < -0.4 is 0 Å². The molecule has 0 radical (unpaired) electrons. The zero-order valence-electron chi connectivity index (χ0n) is 7.84. The first-order chi connectivity index (χ1) is 5.70. The van der Waals surface area contributed by atoms with E-state index in [0.717, 1.165) is 0 Å². The van der Waals surface area contributed by atoms with Crippen LogP contribution in [0.5, 0.6) is 0 Å². The van der Waals surface area contributed by atoms with Crippen molar-refractivity contribution in [3.63, 3.8) is 0 Å². The molecule has 0 aliphatic heterocycles. The summed E-state index contributed by atoms with van der Waals surface area (Å²) < 4.78 is 0. The van der Waals surface area contributed by atoms with Crippen LogP contribution in [-0.2, 0) is 4.79 Å². The van der Waals surface area contributed by atoms with E-state index in [0.29, 0.717) is 5.92 Å². The van der Waals surface area contributed by atoms with E-state index >= 15 is 0 Å². The Kier molecular flexibility index (Phi) is 3.27. The fourth-order valence-electron chi connectivity index (χ4n) is 1.51. The van der Waals surface area contributed by atoms with Crippen LogP contribution in [0.3, 0.4) is 0 Å². The van der Waals surface area contributed by atoms with Crippen LogP contribution >= 0.6 is 0 Å². The predicted molar refractivity (Wildman–Crippen MR) is 50.9 cm³/mol. The third-order valence-electron chi connectivity index (χ3n) is 2.30. The number of hydrogen-bond donors (Lipinski definition) is 0. The minimum Gasteiger partial charge on any atom is -0.295 e. The fourth-order valence-corrected chi connectivity index (χ4v) is 1.51. The molecule has 1 aliphatic carbocycles. The number of hydrogen-bond acceptors (Lipinski definition) is 1. The highest BCUT2D eigenvalue weighted by atomic mass is 16.1. The van der Waals surface area contributed by atoms with Crippen LogP contribution in [0.25, 0.3) is 0 Å². The number of carbonyl (C=O) groups is 1. The maximum Gasteiger partial charge on any atom is 0.152 e. The first kappa shape index (κ1) is 9.24. The number of carbonyl (C=O) groups excluding carboxylic acids is 1. The molecule has 0 heterocycles. The monoisotopic (exact) mass is 164 g/mol. The summed E-state index contributed by atoms with van der Waals surface area (Å²) in [6.07, 6.45) is 9.59. The average molecular weight is 164 g/mol. The summed E-state index contributed by atoms with van der Waals surface area (Å²) in [5.74, 6) is 0.767. The molecule has 1 heteroatoms. The van der Waals surface area contributed by atoms with Gasteiger partial charge in [-0.15, -0.1) is 0 Å². The van der Waals surface area contributed by atoms with Gasteiger partial charge in [0.25, 0.3) is 0 Å². The largest absolute Gasteiger partial charge is 0.295 e. The van der Waals surface area contributed by atoms with Gasteiger partial charge >= 0.3 is 0 Å². The molecule has 1 unspecified atom stereocenters. The summed E-state index contributed by atoms with van der Waals surface area (Å²) in [5.41, 5.74) is 1.33. The molecule has 0 fully saturated rings. The molecular formula is C11H16O. The first-order valence-electron chi connectivity index (χ1n) is 4.59. The summed E-state index contributed by atoms with van der Waals surface area (Å²) in [6, 6.07) is 0. The summed E-state index contributed by atoms with van der Waals surface area (Å²) in [6.45, 7) is 3.81. The van der Waals surface area contributed by atoms with Gasteiger partial charge in [0.1, 0.15) is 0 Å². The second kappa shape index (κ2) is 4.24. The van der Waals surface area contributed by atoms with E-state index in [-0.39, 0.29) is 5.78 Å². The summed E-state index contributed by atoms with van der Waals surface area (Å²) >= 11 is 0. The van der Waals surface area contributed by atoms with Gasteiger partial charge in [-0.2, -0.15) is 0 Å². The predicted octanol–water partition coefficient (Wildman–Crippen LogP) is 2.88. The molecule has 0 saturated heterocycles. The van der Waals surface area contributed by atoms with E-state index in [1.54, 1.807) is 13.0 Å². The first-order valence-corrected chi connectivity index (χ1v) is 4.59. The van der Waals surface area contributed by atoms with E-state index < -0.39 is 0 Å². The lowest BCUT2D eigenvalue weighted by atomic mass is 9.89. The molecule has 12 heavy (non-hydrogen) atoms. The molecule has 0 amide bonds. The maximum absolute atomic E-state index is 10.7. The van der Waals surface area contributed by atoms with E-state index in [4.69, 9.17) is 0 Å². The molecule has 66 valence electrons. The van der Waals surface area contributed by atoms with Gasteiger partial charge in [0.2, 0.25) is 0 Å². The van der Waals surface area contributed by atoms with Gasteiger partial charge in [0.05, 0.1) is 0 Å². The maximum atomic E-state index is 10.7. The SMILES string of the molecule is CC(=O)/C=C/C1=CCCCC1C. The van der Waals surface area contributed by atoms with Gasteiger partial charge in [0, 0.05) is 0 Å². The van der Waals surface area contributed by atoms with Crippen molar-refractivity contribution in [1.82, 2.24) is 0 Å². The highest BCUT2D eigenvalue weighted by Crippen LogP contribution is 2.24. The van der Waals surface area contributed by atoms with Crippen molar-refractivity contribution < 1.29 is 4.79 Å². The van der Waals surface area contributed by atoms with E-state index in [1.165, 1.54) is 24.8 Å². The molecule has 0 bridgehead atoms. The van der Waals surface area contributed by atoms with Crippen LogP contribution in [0.4, 0.5) is 0 Å². The van der Waals surface area contributed by atoms with E-state index in [9.17, 15) is 4.79 Å². The van der Waals surface area contributed by atoms with Gasteiger partial charge in [-0.1, -0.05) is 19.1 Å². The Balaban J connectivity index is 2.60. The fraction of sp³-hybridized carbons (Fsp3) is 0.545. The summed E-state index contributed by atoms with van der Waals surface area (Å²) in [7, 11) is 0. The molecule has 0 aromatic heterocycles. The highest BCUT2D eigenvalue weighted by molar-refractivity contribution is 5.87. The Morgan fingerprint density at radius 1 is 1.67 bits per heavy atom. The lowest BCUT2D eigenvalue weighted by molar-refractivity contribution is -0.112. The third-order valence-corrected chi connectivity index (χ3v) is 2.30. The smallest absolute Gasteiger partial charge is 0.152 e. The molecule has 1 atom stereocenters. The van der Waals surface area contributed by atoms with Crippen LogP contribution in [-0.4, -0.2) is 5.78 Å². The van der Waals surface area contributed by atoms with Gasteiger partial charge in [0.15, 0.2) is 5.78 Å². The Morgan fingerprint density at radius 2 is 2.42 bits per heavy atom. The van der Waals surface area contributed by atoms with E-state index in [1.807, 2.05) is 6.08 Å². The van der Waals surface area contributed by atoms with Crippen molar-refractivity contribution in [1.29, 1.82) is 0 Å². The lowest BCUT2D eigenvalue weighted by Crippen LogP contribution is -2.02. The van der Waals surface area contributed by atoms with E-state index in [2.05, 4.69) is 13.0 Å². The molecule has 1 nitrogen and oxygen atoms in total. The number of allylic oxidation sites excluding steroid dienone is 4. The van der Waals surface area contributed by atoms with Crippen molar-refractivity contribution in [2.24, 2.45) is 5.92 Å². The molecular weight excluding hydrogens is 148 g/mol. The minimum atomic E-state index is 0.133. The van der Waals surface area contributed by atoms with Gasteiger partial charge in [-0.3, -0.25) is 4.79 Å². The van der Waals surface area contributed by atoms with Crippen molar-refractivity contribution in [3.05, 3.63) is 23.8 Å². The van der Waals surface area contributed by atoms with Crippen molar-refractivity contribution >= 4 is 5.78 Å². The highest BCUT2D eigenvalue weighted by Gasteiger charge is 2.09. The summed E-state index contributed by atoms with van der Waals surface area (Å²) in [5, 5.41) is 0. The summed E-state index contributed by atoms with van der Waals surface area (Å²) in [4.78, 5) is 10.7. The van der Waals surface area contributed by atoms with Crippen molar-refractivity contribution in [3.8, 4) is 0 Å². The van der Waals surface area contributed by atoms with Crippen LogP contribution in [0, 0.1) is 5.92 Å². The molecule has 0 aromatic carbocycles. The van der Waals surface area contributed by atoms with Crippen LogP contribution in [0.15, 0.2) is 23.8 Å². The molecule has 0 N–H and O–H groups in total. The molecule has 0 spiro atoms. The molecule has 1 aliphatic rings. The van der Waals surface area contributed by atoms with Crippen LogP contribution in [0.1, 0.15) is 33.1 Å². The Morgan fingerprint density at radius 3 is 3.00 bits per heavy atom. The van der Waals surface area contributed by atoms with Gasteiger partial charge in [-0.05, 0) is 43.8 Å². The minimum absolute atomic E-state index is 0.133. The van der Waals surface area contributed by atoms with Crippen molar-refractivity contribution in [2.75, 3.05) is 0 Å². The Bertz CT molecular complexity index is 223. The average Bonchev–Trinajstić information content (AvgIpc) is 2.03. The van der Waals surface area contributed by atoms with Crippen molar-refractivity contribution in [2.45, 2.75) is 33.1 Å². The normalized spacial score (nSPS) is 24.2. The zero-order valence-corrected chi connectivity index (χ0v) is 7.84. The lowest BCUT2D eigenvalue weighted by Gasteiger charge is -2.17. The zero-order chi connectivity index (χ0) is 8.97. The topological polar surface area (TPSA) is 17.1 Å². The molecule has 1 rings (SSSR count). The number of ketones is 1. The van der Waals surface area contributed by atoms with Gasteiger partial charge < -0.3 is 0 Å². The quantitative estimate of drug-likeness (QED) is 0.573. The third kappa shape index (κ3) is 2.65. The second-order valence-electron chi connectivity index (χ2n) is 3.48. The molecule has 0 aromatic rings. The Labute approximate surface area is 74.2 Å². The van der Waals surface area contributed by atoms with Crippen LogP contribution in [0.2, 0.25) is 0 Å².